The van der Waals surface area contributed by atoms with Crippen LogP contribution in [0.1, 0.15) is 83.3 Å². The Morgan fingerprint density at radius 3 is 2.45 bits per heavy atom. The number of amides is 1. The highest BCUT2D eigenvalue weighted by atomic mass is 32.2. The van der Waals surface area contributed by atoms with Gasteiger partial charge in [-0.2, -0.15) is 4.98 Å². The molecule has 4 aliphatic rings. The van der Waals surface area contributed by atoms with Gasteiger partial charge in [0.2, 0.25) is 11.9 Å². The quantitative estimate of drug-likeness (QED) is 0.499. The van der Waals surface area contributed by atoms with Gasteiger partial charge in [-0.3, -0.25) is 9.69 Å². The number of nitrogens with one attached hydrogen (secondary N) is 1. The molecule has 2 aliphatic carbocycles. The number of carbonyl (C=O) groups is 1. The summed E-state index contributed by atoms with van der Waals surface area (Å²) in [5.41, 5.74) is 2.82. The predicted molar refractivity (Wildman–Crippen MR) is 158 cm³/mol. The number of aryl methyl sites for hydroxylation is 1. The van der Waals surface area contributed by atoms with Crippen molar-refractivity contribution in [3.8, 4) is 0 Å². The van der Waals surface area contributed by atoms with Crippen LogP contribution in [0.3, 0.4) is 0 Å². The van der Waals surface area contributed by atoms with E-state index in [-0.39, 0.29) is 28.5 Å². The largest absolute Gasteiger partial charge is 0.324 e. The van der Waals surface area contributed by atoms with Crippen LogP contribution in [0.2, 0.25) is 0 Å². The first-order valence-electron chi connectivity index (χ1n) is 15.1. The van der Waals surface area contributed by atoms with Crippen LogP contribution in [0.5, 0.6) is 0 Å². The first kappa shape index (κ1) is 27.6. The lowest BCUT2D eigenvalue weighted by molar-refractivity contribution is -0.122. The van der Waals surface area contributed by atoms with Crippen LogP contribution in [-0.2, 0) is 21.1 Å². The Kier molecular flexibility index (Phi) is 7.18. The summed E-state index contributed by atoms with van der Waals surface area (Å²) in [6.45, 7) is 10.5. The molecule has 2 aromatic rings. The number of rotatable bonds is 6. The van der Waals surface area contributed by atoms with E-state index in [1.165, 1.54) is 0 Å². The zero-order valence-electron chi connectivity index (χ0n) is 24.3. The fourth-order valence-corrected chi connectivity index (χ4v) is 9.53. The molecule has 1 aromatic heterocycles. The maximum Gasteiger partial charge on any atom is 0.231 e. The lowest BCUT2D eigenvalue weighted by atomic mass is 9.63. The van der Waals surface area contributed by atoms with Crippen LogP contribution in [0.25, 0.3) is 0 Å². The van der Waals surface area contributed by atoms with Gasteiger partial charge in [-0.1, -0.05) is 19.8 Å². The van der Waals surface area contributed by atoms with Crippen molar-refractivity contribution in [1.29, 1.82) is 0 Å². The highest BCUT2D eigenvalue weighted by molar-refractivity contribution is 7.92. The summed E-state index contributed by atoms with van der Waals surface area (Å²) in [4.78, 5) is 27.3. The van der Waals surface area contributed by atoms with E-state index < -0.39 is 9.84 Å². The Bertz CT molecular complexity index is 1390. The molecule has 2 aliphatic heterocycles. The summed E-state index contributed by atoms with van der Waals surface area (Å²) in [6, 6.07) is 6.07. The second kappa shape index (κ2) is 10.4. The molecule has 8 nitrogen and oxygen atoms in total. The molecule has 216 valence electrons. The zero-order valence-corrected chi connectivity index (χ0v) is 25.1. The van der Waals surface area contributed by atoms with Crippen LogP contribution in [0.15, 0.2) is 29.3 Å². The van der Waals surface area contributed by atoms with Gasteiger partial charge in [-0.25, -0.2) is 13.4 Å². The first-order valence-corrected chi connectivity index (χ1v) is 16.7. The molecule has 40 heavy (non-hydrogen) atoms. The van der Waals surface area contributed by atoms with Gasteiger partial charge in [0.25, 0.3) is 0 Å². The van der Waals surface area contributed by atoms with Crippen molar-refractivity contribution < 1.29 is 13.2 Å². The Morgan fingerprint density at radius 1 is 1.10 bits per heavy atom. The average Bonchev–Trinajstić information content (AvgIpc) is 3.44. The van der Waals surface area contributed by atoms with Crippen LogP contribution < -0.4 is 10.2 Å². The fraction of sp³-hybridized carbons (Fsp3) is 0.645. The standard InChI is InChI=1S/C31H43N5O3S/c1-20(2)35-13-11-31(12-14-35)17-26(18-31)40(38,39)25-9-10-27(21(3)16-25)33-30-32-19-23-15-22(4)29(37)36(28(23)34-30)24-7-5-6-8-24/h9-10,16,19-20,22,24,26H,5-8,11-15,17-18H2,1-4H3,(H,32,33,34). The van der Waals surface area contributed by atoms with E-state index in [2.05, 4.69) is 29.0 Å². The van der Waals surface area contributed by atoms with E-state index in [0.29, 0.717) is 23.3 Å². The predicted octanol–water partition coefficient (Wildman–Crippen LogP) is 5.42. The molecule has 9 heteroatoms. The van der Waals surface area contributed by atoms with Crippen molar-refractivity contribution >= 4 is 33.2 Å². The normalized spacial score (nSPS) is 24.0. The summed E-state index contributed by atoms with van der Waals surface area (Å²) in [6.07, 6.45) is 10.5. The third kappa shape index (κ3) is 4.93. The van der Waals surface area contributed by atoms with Crippen molar-refractivity contribution in [3.05, 3.63) is 35.5 Å². The van der Waals surface area contributed by atoms with Gasteiger partial charge in [-0.05, 0) is 108 Å². The molecule has 3 fully saturated rings. The second-order valence-electron chi connectivity index (χ2n) is 13.1. The van der Waals surface area contributed by atoms with Gasteiger partial charge in [0.05, 0.1) is 10.1 Å². The minimum Gasteiger partial charge on any atom is -0.324 e. The molecule has 1 unspecified atom stereocenters. The summed E-state index contributed by atoms with van der Waals surface area (Å²) < 4.78 is 27.0. The van der Waals surface area contributed by atoms with Gasteiger partial charge in [0, 0.05) is 35.4 Å². The van der Waals surface area contributed by atoms with E-state index >= 15 is 0 Å². The van der Waals surface area contributed by atoms with E-state index in [4.69, 9.17) is 4.98 Å². The molecular formula is C31H43N5O3S. The summed E-state index contributed by atoms with van der Waals surface area (Å²) in [5, 5.41) is 3.01. The Hall–Kier alpha value is -2.52. The summed E-state index contributed by atoms with van der Waals surface area (Å²) in [5.74, 6) is 1.24. The molecule has 1 N–H and O–H groups in total. The lowest BCUT2D eigenvalue weighted by Gasteiger charge is -2.52. The molecule has 1 saturated heterocycles. The Morgan fingerprint density at radius 2 is 1.80 bits per heavy atom. The lowest BCUT2D eigenvalue weighted by Crippen LogP contribution is -2.52. The Balaban J connectivity index is 1.16. The van der Waals surface area contributed by atoms with Crippen molar-refractivity contribution in [1.82, 2.24) is 14.9 Å². The van der Waals surface area contributed by atoms with Crippen LogP contribution >= 0.6 is 0 Å². The number of piperidine rings is 1. The molecule has 1 amide bonds. The average molecular weight is 566 g/mol. The van der Waals surface area contributed by atoms with Crippen LogP contribution in [-0.4, -0.2) is 59.6 Å². The minimum atomic E-state index is -3.38. The number of carbonyl (C=O) groups excluding carboxylic acids is 1. The molecule has 1 spiro atoms. The number of benzene rings is 1. The number of aromatic nitrogens is 2. The van der Waals surface area contributed by atoms with Crippen molar-refractivity contribution in [2.24, 2.45) is 11.3 Å². The molecule has 6 rings (SSSR count). The van der Waals surface area contributed by atoms with Gasteiger partial charge in [0.15, 0.2) is 9.84 Å². The molecule has 3 heterocycles. The SMILES string of the molecule is Cc1cc(S(=O)(=O)C2CC3(CCN(C(C)C)CC3)C2)ccc1Nc1ncc2c(n1)N(C1CCCC1)C(=O)C(C)C2. The minimum absolute atomic E-state index is 0.0642. The van der Waals surface area contributed by atoms with E-state index in [1.807, 2.05) is 31.0 Å². The number of sulfone groups is 1. The van der Waals surface area contributed by atoms with E-state index in [1.54, 1.807) is 12.1 Å². The fourth-order valence-electron chi connectivity index (χ4n) is 7.40. The van der Waals surface area contributed by atoms with Crippen molar-refractivity contribution in [2.45, 2.75) is 108 Å². The number of hydrogen-bond donors (Lipinski definition) is 1. The monoisotopic (exact) mass is 565 g/mol. The summed E-state index contributed by atoms with van der Waals surface area (Å²) >= 11 is 0. The summed E-state index contributed by atoms with van der Waals surface area (Å²) in [7, 11) is -3.38. The highest BCUT2D eigenvalue weighted by Crippen LogP contribution is 2.53. The smallest absolute Gasteiger partial charge is 0.231 e. The van der Waals surface area contributed by atoms with Crippen LogP contribution in [0, 0.1) is 18.3 Å². The highest BCUT2D eigenvalue weighted by Gasteiger charge is 2.51. The molecular weight excluding hydrogens is 522 g/mol. The van der Waals surface area contributed by atoms with E-state index in [9.17, 15) is 13.2 Å². The molecule has 0 bridgehead atoms. The van der Waals surface area contributed by atoms with Crippen LogP contribution in [0.4, 0.5) is 17.5 Å². The van der Waals surface area contributed by atoms with Gasteiger partial charge in [-0.15, -0.1) is 0 Å². The number of nitrogens with zero attached hydrogens (tertiary/aromatic N) is 4. The van der Waals surface area contributed by atoms with Gasteiger partial charge < -0.3 is 10.2 Å². The third-order valence-corrected chi connectivity index (χ3v) is 12.2. The first-order chi connectivity index (χ1) is 19.1. The zero-order chi connectivity index (χ0) is 28.2. The topological polar surface area (TPSA) is 95.5 Å². The number of anilines is 3. The number of likely N-dealkylation sites (tertiary alicyclic amines) is 1. The second-order valence-corrected chi connectivity index (χ2v) is 15.3. The van der Waals surface area contributed by atoms with Crippen molar-refractivity contribution in [3.63, 3.8) is 0 Å². The van der Waals surface area contributed by atoms with E-state index in [0.717, 1.165) is 87.1 Å². The van der Waals surface area contributed by atoms with Gasteiger partial charge in [0.1, 0.15) is 5.82 Å². The molecule has 1 aromatic carbocycles. The molecule has 1 atom stereocenters. The maximum absolute atomic E-state index is 13.5. The molecule has 2 saturated carbocycles. The molecule has 0 radical (unpaired) electrons. The number of hydrogen-bond acceptors (Lipinski definition) is 7. The van der Waals surface area contributed by atoms with Gasteiger partial charge >= 0.3 is 0 Å². The maximum atomic E-state index is 13.5. The van der Waals surface area contributed by atoms with Crippen molar-refractivity contribution in [2.75, 3.05) is 23.3 Å². The Labute approximate surface area is 238 Å². The third-order valence-electron chi connectivity index (χ3n) is 10.1. The number of fused-ring (bicyclic) bond motifs is 1.